The van der Waals surface area contributed by atoms with Crippen LogP contribution in [0.5, 0.6) is 0 Å². The average molecular weight is 886 g/mol. The Morgan fingerprint density at radius 1 is 0.710 bits per heavy atom. The number of ether oxygens (including phenoxy) is 1. The molecule has 0 spiro atoms. The predicted molar refractivity (Wildman–Crippen MR) is 257 cm³/mol. The molecule has 0 radical (unpaired) electrons. The van der Waals surface area contributed by atoms with Crippen molar-refractivity contribution in [2.24, 2.45) is 5.73 Å². The second-order valence-electron chi connectivity index (χ2n) is 17.1. The van der Waals surface area contributed by atoms with Gasteiger partial charge in [-0.25, -0.2) is 4.79 Å². The van der Waals surface area contributed by atoms with Gasteiger partial charge in [0.1, 0.15) is 0 Å². The van der Waals surface area contributed by atoms with Crippen LogP contribution in [0.4, 0.5) is 0 Å². The molecule has 3 N–H and O–H groups in total. The largest absolute Gasteiger partial charge is 0.465 e. The molecule has 11 heteroatoms. The first-order valence-electron chi connectivity index (χ1n) is 21.7. The zero-order valence-electron chi connectivity index (χ0n) is 39.0. The van der Waals surface area contributed by atoms with Gasteiger partial charge in [-0.05, 0) is 129 Å². The van der Waals surface area contributed by atoms with Crippen molar-refractivity contribution < 1.29 is 23.9 Å². The first kappa shape index (κ1) is 50.0. The number of rotatable bonds is 11. The smallest absolute Gasteiger partial charge is 0.338 e. The van der Waals surface area contributed by atoms with Gasteiger partial charge in [-0.2, -0.15) is 0 Å². The van der Waals surface area contributed by atoms with Crippen LogP contribution < -0.4 is 11.1 Å². The average Bonchev–Trinajstić information content (AvgIpc) is 3.60. The highest BCUT2D eigenvalue weighted by molar-refractivity contribution is 6.32. The molecule has 2 aromatic heterocycles. The summed E-state index contributed by atoms with van der Waals surface area (Å²) >= 11 is 12.5. The van der Waals surface area contributed by atoms with E-state index in [2.05, 4.69) is 82.0 Å². The molecule has 0 saturated heterocycles. The number of fused-ring (bicyclic) bond motifs is 2. The number of allylic oxidation sites excluding steroid dienone is 6. The van der Waals surface area contributed by atoms with Crippen molar-refractivity contribution in [1.29, 1.82) is 0 Å². The third-order valence-corrected chi connectivity index (χ3v) is 12.2. The van der Waals surface area contributed by atoms with Crippen LogP contribution in [-0.2, 0) is 14.3 Å². The highest BCUT2D eigenvalue weighted by atomic mass is 35.5. The number of carbonyl (C=O) groups excluding carboxylic acids is 4. The number of ketones is 2. The Kier molecular flexibility index (Phi) is 17.4. The van der Waals surface area contributed by atoms with E-state index in [0.29, 0.717) is 46.6 Å². The van der Waals surface area contributed by atoms with Crippen molar-refractivity contribution in [2.45, 2.75) is 134 Å². The van der Waals surface area contributed by atoms with Crippen molar-refractivity contribution in [3.05, 3.63) is 114 Å². The van der Waals surface area contributed by atoms with Crippen LogP contribution in [0.3, 0.4) is 0 Å². The molecule has 2 heterocycles. The van der Waals surface area contributed by atoms with E-state index in [1.807, 2.05) is 39.8 Å². The zero-order chi connectivity index (χ0) is 46.3. The maximum atomic E-state index is 13.2. The number of hydrogen-bond acceptors (Lipinski definition) is 6. The van der Waals surface area contributed by atoms with Gasteiger partial charge in [0.2, 0.25) is 0 Å². The van der Waals surface area contributed by atoms with E-state index in [-0.39, 0.29) is 36.0 Å². The molecular formula is C51H66Cl2N4O5. The monoisotopic (exact) mass is 884 g/mol. The number of aryl methyl sites for hydroxylation is 2. The number of esters is 1. The minimum absolute atomic E-state index is 0.105. The molecular weight excluding hydrogens is 819 g/mol. The zero-order valence-corrected chi connectivity index (χ0v) is 40.6. The number of amides is 1. The molecule has 9 nitrogen and oxygen atoms in total. The van der Waals surface area contributed by atoms with Gasteiger partial charge in [-0.3, -0.25) is 14.4 Å². The summed E-state index contributed by atoms with van der Waals surface area (Å²) in [5, 5.41) is 5.93. The number of nitrogens with zero attached hydrogens (tertiary/aromatic N) is 2. The van der Waals surface area contributed by atoms with Gasteiger partial charge in [0, 0.05) is 81.4 Å². The normalized spacial score (nSPS) is 14.3. The second-order valence-corrected chi connectivity index (χ2v) is 18.0. The Labute approximate surface area is 378 Å². The number of nitrogens with two attached hydrogens (primary N) is 1. The van der Waals surface area contributed by atoms with Crippen LogP contribution in [0.25, 0.3) is 21.8 Å². The Morgan fingerprint density at radius 2 is 1.13 bits per heavy atom. The molecule has 0 bridgehead atoms. The molecule has 4 aromatic rings. The molecule has 0 atom stereocenters. The number of carbonyl (C=O) groups is 4. The first-order chi connectivity index (χ1) is 29.2. The third kappa shape index (κ3) is 10.9. The standard InChI is InChI=1S/C25H31ClN2O2.C15H18ClNO2.C11H17NO/c1-7-8-18-9-15(4)10-23(29)21(18)13-27-25(30)20-11-19(26)12-22-24(20)16(5)17(6)28(22)14(2)3;1-8(2)17-10(4)9(3)14-12(15(18)19-5)6-11(16)7-13(14)17;1-3-4-9-5-8(2)6-11(13)10(9)7-12/h9,11-12,14H,7-8,10,13H2,1-6H3,(H,27,30);6-8H,1-5H3;5H,3-4,6-7,12H2,1-2H3. The van der Waals surface area contributed by atoms with Crippen molar-refractivity contribution in [1.82, 2.24) is 14.5 Å². The van der Waals surface area contributed by atoms with Gasteiger partial charge in [-0.1, -0.05) is 73.2 Å². The second kappa shape index (κ2) is 21.6. The molecule has 2 aliphatic carbocycles. The Balaban J connectivity index is 0.000000225. The molecule has 1 amide bonds. The van der Waals surface area contributed by atoms with E-state index in [1.54, 1.807) is 12.1 Å². The van der Waals surface area contributed by atoms with Crippen molar-refractivity contribution in [3.63, 3.8) is 0 Å². The molecule has 334 valence electrons. The number of Topliss-reactive ketones (excluding diaryl/α,β-unsaturated/α-hetero) is 2. The van der Waals surface area contributed by atoms with E-state index in [0.717, 1.165) is 103 Å². The number of benzene rings is 2. The number of halogens is 2. The maximum Gasteiger partial charge on any atom is 0.338 e. The van der Waals surface area contributed by atoms with Crippen molar-refractivity contribution >= 4 is 68.5 Å². The summed E-state index contributed by atoms with van der Waals surface area (Å²) in [6, 6.07) is 7.79. The van der Waals surface area contributed by atoms with Crippen LogP contribution in [0.2, 0.25) is 10.0 Å². The van der Waals surface area contributed by atoms with Gasteiger partial charge >= 0.3 is 5.97 Å². The highest BCUT2D eigenvalue weighted by Crippen LogP contribution is 2.35. The van der Waals surface area contributed by atoms with Crippen LogP contribution in [-0.4, -0.2) is 52.8 Å². The quantitative estimate of drug-likeness (QED) is 0.145. The van der Waals surface area contributed by atoms with Gasteiger partial charge in [-0.15, -0.1) is 0 Å². The Bertz CT molecular complexity index is 2530. The van der Waals surface area contributed by atoms with E-state index in [1.165, 1.54) is 7.11 Å². The molecule has 6 rings (SSSR count). The minimum atomic E-state index is -0.350. The summed E-state index contributed by atoms with van der Waals surface area (Å²) in [6.07, 6.45) is 9.03. The molecule has 2 aliphatic rings. The predicted octanol–water partition coefficient (Wildman–Crippen LogP) is 12.5. The Morgan fingerprint density at radius 3 is 1.55 bits per heavy atom. The number of methoxy groups -OCH3 is 1. The van der Waals surface area contributed by atoms with Crippen LogP contribution in [0.1, 0.15) is 149 Å². The molecule has 0 aliphatic heterocycles. The van der Waals surface area contributed by atoms with Crippen LogP contribution >= 0.6 is 23.2 Å². The lowest BCUT2D eigenvalue weighted by Gasteiger charge is -2.18. The lowest BCUT2D eigenvalue weighted by Crippen LogP contribution is -2.29. The van der Waals surface area contributed by atoms with Gasteiger partial charge in [0.15, 0.2) is 11.6 Å². The fourth-order valence-electron chi connectivity index (χ4n) is 8.87. The van der Waals surface area contributed by atoms with Crippen molar-refractivity contribution in [3.8, 4) is 0 Å². The van der Waals surface area contributed by atoms with E-state index >= 15 is 0 Å². The highest BCUT2D eigenvalue weighted by Gasteiger charge is 2.24. The first-order valence-corrected chi connectivity index (χ1v) is 22.5. The molecule has 62 heavy (non-hydrogen) atoms. The number of hydrogen-bond donors (Lipinski definition) is 2. The summed E-state index contributed by atoms with van der Waals surface area (Å²) in [6.45, 7) is 25.5. The topological polar surface area (TPSA) is 125 Å². The fourth-order valence-corrected chi connectivity index (χ4v) is 9.30. The van der Waals surface area contributed by atoms with Gasteiger partial charge < -0.3 is 24.9 Å². The maximum absolute atomic E-state index is 13.2. The van der Waals surface area contributed by atoms with E-state index < -0.39 is 0 Å². The number of aromatic nitrogens is 2. The van der Waals surface area contributed by atoms with Gasteiger partial charge in [0.05, 0.1) is 29.3 Å². The summed E-state index contributed by atoms with van der Waals surface area (Å²) in [5.74, 6) is -0.232. The molecule has 2 aromatic carbocycles. The molecule has 0 unspecified atom stereocenters. The minimum Gasteiger partial charge on any atom is -0.465 e. The summed E-state index contributed by atoms with van der Waals surface area (Å²) in [7, 11) is 1.39. The molecule has 0 saturated carbocycles. The van der Waals surface area contributed by atoms with Crippen LogP contribution in [0.15, 0.2) is 69.9 Å². The fraction of sp³-hybridized carbons (Fsp3) is 0.451. The summed E-state index contributed by atoms with van der Waals surface area (Å²) in [5.41, 5.74) is 19.1. The SMILES string of the molecule is CCCC1=C(CN)C(=O)CC(C)=C1.CCCC1=C(CNC(=O)c2cc(Cl)cc3c2c(C)c(C)n3C(C)C)C(=O)CC(C)=C1.COC(=O)c1cc(Cl)cc2c1c(C)c(C)n2C(C)C. The summed E-state index contributed by atoms with van der Waals surface area (Å²) < 4.78 is 9.27. The van der Waals surface area contributed by atoms with Gasteiger partial charge in [0.25, 0.3) is 5.91 Å². The summed E-state index contributed by atoms with van der Waals surface area (Å²) in [4.78, 5) is 49.3. The lowest BCUT2D eigenvalue weighted by molar-refractivity contribution is -0.116. The molecule has 0 fully saturated rings. The van der Waals surface area contributed by atoms with Crippen molar-refractivity contribution in [2.75, 3.05) is 20.2 Å². The van der Waals surface area contributed by atoms with E-state index in [9.17, 15) is 19.2 Å². The number of nitrogens with one attached hydrogen (secondary N) is 1. The van der Waals surface area contributed by atoms with E-state index in [4.69, 9.17) is 33.7 Å². The third-order valence-electron chi connectivity index (χ3n) is 11.8. The lowest BCUT2D eigenvalue weighted by atomic mass is 9.89. The Hall–Kier alpha value is -4.70. The van der Waals surface area contributed by atoms with Crippen LogP contribution in [0, 0.1) is 27.7 Å².